The van der Waals surface area contributed by atoms with Gasteiger partial charge in [-0.05, 0) is 49.6 Å². The molecule has 0 bridgehead atoms. The summed E-state index contributed by atoms with van der Waals surface area (Å²) in [6, 6.07) is 17.4. The molecule has 1 aromatic heterocycles. The Morgan fingerprint density at radius 3 is 2.47 bits per heavy atom. The van der Waals surface area contributed by atoms with E-state index in [1.807, 2.05) is 24.3 Å². The van der Waals surface area contributed by atoms with Crippen LogP contribution in [-0.2, 0) is 4.79 Å². The SMILES string of the molecule is Cc1ccccc1-c1ccc(N2CCC(C(=O)Nc3cccc(Cl)c3Cl)CC2)nn1. The molecule has 7 heteroatoms. The fraction of sp³-hybridized carbons (Fsp3) is 0.261. The summed E-state index contributed by atoms with van der Waals surface area (Å²) in [6.45, 7) is 3.57. The molecule has 154 valence electrons. The number of hydrogen-bond donors (Lipinski definition) is 1. The normalized spacial score (nSPS) is 14.6. The van der Waals surface area contributed by atoms with Gasteiger partial charge >= 0.3 is 0 Å². The van der Waals surface area contributed by atoms with E-state index in [0.717, 1.165) is 43.0 Å². The van der Waals surface area contributed by atoms with Crippen LogP contribution in [0.15, 0.2) is 54.6 Å². The molecule has 2 aromatic carbocycles. The first kappa shape index (κ1) is 20.6. The number of benzene rings is 2. The van der Waals surface area contributed by atoms with Crippen molar-refractivity contribution < 1.29 is 4.79 Å². The molecule has 3 aromatic rings. The van der Waals surface area contributed by atoms with Crippen molar-refractivity contribution in [3.63, 3.8) is 0 Å². The van der Waals surface area contributed by atoms with Crippen molar-refractivity contribution in [3.05, 3.63) is 70.2 Å². The lowest BCUT2D eigenvalue weighted by Crippen LogP contribution is -2.38. The molecule has 1 amide bonds. The van der Waals surface area contributed by atoms with Gasteiger partial charge in [-0.15, -0.1) is 10.2 Å². The Bertz CT molecular complexity index is 1050. The Kier molecular flexibility index (Phi) is 6.21. The quantitative estimate of drug-likeness (QED) is 0.572. The number of amides is 1. The average Bonchev–Trinajstić information content (AvgIpc) is 2.77. The molecule has 0 unspecified atom stereocenters. The van der Waals surface area contributed by atoms with Crippen LogP contribution >= 0.6 is 23.2 Å². The molecule has 0 radical (unpaired) electrons. The fourth-order valence-corrected chi connectivity index (χ4v) is 4.05. The smallest absolute Gasteiger partial charge is 0.227 e. The molecule has 0 atom stereocenters. The maximum Gasteiger partial charge on any atom is 0.227 e. The molecule has 5 nitrogen and oxygen atoms in total. The van der Waals surface area contributed by atoms with Gasteiger partial charge < -0.3 is 10.2 Å². The molecule has 30 heavy (non-hydrogen) atoms. The highest BCUT2D eigenvalue weighted by molar-refractivity contribution is 6.44. The molecular weight excluding hydrogens is 419 g/mol. The zero-order valence-corrected chi connectivity index (χ0v) is 18.1. The number of aryl methyl sites for hydroxylation is 1. The monoisotopic (exact) mass is 440 g/mol. The van der Waals surface area contributed by atoms with Gasteiger partial charge in [0.05, 0.1) is 21.4 Å². The van der Waals surface area contributed by atoms with Crippen LogP contribution in [0.5, 0.6) is 0 Å². The largest absolute Gasteiger partial charge is 0.355 e. The molecular formula is C23H22Cl2N4O. The van der Waals surface area contributed by atoms with E-state index in [2.05, 4.69) is 39.5 Å². The number of nitrogens with one attached hydrogen (secondary N) is 1. The van der Waals surface area contributed by atoms with Crippen molar-refractivity contribution in [1.82, 2.24) is 10.2 Å². The third-order valence-corrected chi connectivity index (χ3v) is 6.29. The number of nitrogens with zero attached hydrogens (tertiary/aromatic N) is 3. The van der Waals surface area contributed by atoms with Gasteiger partial charge in [0.25, 0.3) is 0 Å². The van der Waals surface area contributed by atoms with E-state index < -0.39 is 0 Å². The highest BCUT2D eigenvalue weighted by Gasteiger charge is 2.26. The fourth-order valence-electron chi connectivity index (χ4n) is 3.70. The lowest BCUT2D eigenvalue weighted by Gasteiger charge is -2.32. The Balaban J connectivity index is 1.37. The Morgan fingerprint density at radius 1 is 1.00 bits per heavy atom. The van der Waals surface area contributed by atoms with Crippen LogP contribution in [0.2, 0.25) is 10.0 Å². The minimum atomic E-state index is -0.0736. The van der Waals surface area contributed by atoms with Crippen LogP contribution in [0.3, 0.4) is 0 Å². The van der Waals surface area contributed by atoms with Crippen molar-refractivity contribution in [2.24, 2.45) is 5.92 Å². The molecule has 1 fully saturated rings. The predicted molar refractivity (Wildman–Crippen MR) is 122 cm³/mol. The van der Waals surface area contributed by atoms with Crippen molar-refractivity contribution in [3.8, 4) is 11.3 Å². The van der Waals surface area contributed by atoms with Gasteiger partial charge in [0.15, 0.2) is 5.82 Å². The van der Waals surface area contributed by atoms with Crippen LogP contribution in [0.25, 0.3) is 11.3 Å². The summed E-state index contributed by atoms with van der Waals surface area (Å²) < 4.78 is 0. The van der Waals surface area contributed by atoms with Gasteiger partial charge in [0, 0.05) is 24.6 Å². The van der Waals surface area contributed by atoms with Gasteiger partial charge in [-0.2, -0.15) is 0 Å². The third kappa shape index (κ3) is 4.42. The van der Waals surface area contributed by atoms with Crippen molar-refractivity contribution in [1.29, 1.82) is 0 Å². The zero-order valence-electron chi connectivity index (χ0n) is 16.6. The first-order valence-corrected chi connectivity index (χ1v) is 10.7. The average molecular weight is 441 g/mol. The molecule has 1 aliphatic rings. The van der Waals surface area contributed by atoms with Crippen molar-refractivity contribution in [2.75, 3.05) is 23.3 Å². The van der Waals surface area contributed by atoms with Gasteiger partial charge in [-0.3, -0.25) is 4.79 Å². The first-order chi connectivity index (χ1) is 14.5. The van der Waals surface area contributed by atoms with Gasteiger partial charge in [0.2, 0.25) is 5.91 Å². The Hall–Kier alpha value is -2.63. The van der Waals surface area contributed by atoms with E-state index in [1.54, 1.807) is 18.2 Å². The predicted octanol–water partition coefficient (Wildman–Crippen LogP) is 5.61. The molecule has 2 heterocycles. The molecule has 0 aliphatic carbocycles. The second-order valence-corrected chi connectivity index (χ2v) is 8.23. The standard InChI is InChI=1S/C23H22Cl2N4O/c1-15-5-2-3-6-17(15)19-9-10-21(28-27-19)29-13-11-16(12-14-29)23(30)26-20-8-4-7-18(24)22(20)25/h2-10,16H,11-14H2,1H3,(H,26,30). The van der Waals surface area contributed by atoms with Crippen LogP contribution in [-0.4, -0.2) is 29.2 Å². The van der Waals surface area contributed by atoms with Crippen molar-refractivity contribution >= 4 is 40.6 Å². The summed E-state index contributed by atoms with van der Waals surface area (Å²) >= 11 is 12.2. The summed E-state index contributed by atoms with van der Waals surface area (Å²) in [5.74, 6) is 0.736. The highest BCUT2D eigenvalue weighted by atomic mass is 35.5. The van der Waals surface area contributed by atoms with Crippen LogP contribution in [0.1, 0.15) is 18.4 Å². The number of rotatable bonds is 4. The first-order valence-electron chi connectivity index (χ1n) is 9.92. The second-order valence-electron chi connectivity index (χ2n) is 7.44. The maximum atomic E-state index is 12.6. The number of aromatic nitrogens is 2. The maximum absolute atomic E-state index is 12.6. The van der Waals surface area contributed by atoms with Gasteiger partial charge in [-0.1, -0.05) is 53.5 Å². The summed E-state index contributed by atoms with van der Waals surface area (Å²) in [5.41, 5.74) is 3.68. The molecule has 0 spiro atoms. The molecule has 4 rings (SSSR count). The minimum absolute atomic E-state index is 0.0280. The summed E-state index contributed by atoms with van der Waals surface area (Å²) in [5, 5.41) is 12.5. The number of anilines is 2. The van der Waals surface area contributed by atoms with E-state index in [-0.39, 0.29) is 11.8 Å². The number of carbonyl (C=O) groups excluding carboxylic acids is 1. The molecule has 1 N–H and O–H groups in total. The molecule has 0 saturated carbocycles. The van der Waals surface area contributed by atoms with Crippen LogP contribution in [0.4, 0.5) is 11.5 Å². The minimum Gasteiger partial charge on any atom is -0.355 e. The summed E-state index contributed by atoms with van der Waals surface area (Å²) in [6.07, 6.45) is 1.48. The lowest BCUT2D eigenvalue weighted by molar-refractivity contribution is -0.120. The summed E-state index contributed by atoms with van der Waals surface area (Å²) in [4.78, 5) is 14.8. The number of piperidine rings is 1. The van der Waals surface area contributed by atoms with E-state index in [9.17, 15) is 4.79 Å². The second kappa shape index (κ2) is 9.02. The Labute approximate surface area is 186 Å². The number of halogens is 2. The Morgan fingerprint density at radius 2 is 1.77 bits per heavy atom. The number of hydrogen-bond acceptors (Lipinski definition) is 4. The highest BCUT2D eigenvalue weighted by Crippen LogP contribution is 2.31. The third-order valence-electron chi connectivity index (χ3n) is 5.47. The molecule has 1 saturated heterocycles. The summed E-state index contributed by atoms with van der Waals surface area (Å²) in [7, 11) is 0. The number of carbonyl (C=O) groups is 1. The van der Waals surface area contributed by atoms with E-state index in [0.29, 0.717) is 15.7 Å². The van der Waals surface area contributed by atoms with Crippen LogP contribution in [0, 0.1) is 12.8 Å². The van der Waals surface area contributed by atoms with Gasteiger partial charge in [0.1, 0.15) is 0 Å². The molecule has 1 aliphatic heterocycles. The zero-order chi connectivity index (χ0) is 21.1. The van der Waals surface area contributed by atoms with E-state index >= 15 is 0 Å². The van der Waals surface area contributed by atoms with E-state index in [4.69, 9.17) is 23.2 Å². The van der Waals surface area contributed by atoms with E-state index in [1.165, 1.54) is 5.56 Å². The van der Waals surface area contributed by atoms with Crippen molar-refractivity contribution in [2.45, 2.75) is 19.8 Å². The van der Waals surface area contributed by atoms with Crippen LogP contribution < -0.4 is 10.2 Å². The lowest BCUT2D eigenvalue weighted by atomic mass is 9.95. The topological polar surface area (TPSA) is 58.1 Å². The van der Waals surface area contributed by atoms with Gasteiger partial charge in [-0.25, -0.2) is 0 Å².